The summed E-state index contributed by atoms with van der Waals surface area (Å²) in [5.74, 6) is -0.508. The van der Waals surface area contributed by atoms with E-state index < -0.39 is 0 Å². The number of ketones is 1. The molecule has 0 aromatic rings. The summed E-state index contributed by atoms with van der Waals surface area (Å²) in [6.45, 7) is 5.07. The molecule has 0 radical (unpaired) electrons. The second-order valence-electron chi connectivity index (χ2n) is 3.00. The van der Waals surface area contributed by atoms with Gasteiger partial charge in [0.2, 0.25) is 0 Å². The molecule has 0 atom stereocenters. The van der Waals surface area contributed by atoms with Crippen LogP contribution in [0.5, 0.6) is 0 Å². The molecular weight excluding hydrogens is 178 g/mol. The summed E-state index contributed by atoms with van der Waals surface area (Å²) in [4.78, 5) is 22.6. The lowest BCUT2D eigenvalue weighted by Crippen LogP contribution is -2.18. The van der Waals surface area contributed by atoms with Gasteiger partial charge in [-0.05, 0) is 20.8 Å². The number of allylic oxidation sites excluding steroid dienone is 3. The van der Waals surface area contributed by atoms with Crippen molar-refractivity contribution < 1.29 is 9.59 Å². The van der Waals surface area contributed by atoms with Crippen LogP contribution < -0.4 is 5.32 Å². The van der Waals surface area contributed by atoms with E-state index in [9.17, 15) is 9.59 Å². The van der Waals surface area contributed by atoms with E-state index in [0.717, 1.165) is 0 Å². The minimum Gasteiger partial charge on any atom is -0.322 e. The lowest BCUT2D eigenvalue weighted by Gasteiger charge is -1.97. The minimum atomic E-state index is -0.307. The number of hydrogen-bond acceptors (Lipinski definition) is 2. The summed E-state index contributed by atoms with van der Waals surface area (Å²) < 4.78 is 0. The maximum atomic E-state index is 11.4. The number of rotatable bonds is 2. The largest absolute Gasteiger partial charge is 0.322 e. The third-order valence-corrected chi connectivity index (χ3v) is 2.01. The number of nitrogens with one attached hydrogen (secondary N) is 1. The number of amides is 1. The van der Waals surface area contributed by atoms with Crippen LogP contribution in [0.1, 0.15) is 20.8 Å². The first kappa shape index (κ1) is 10.4. The van der Waals surface area contributed by atoms with E-state index in [1.54, 1.807) is 12.2 Å². The summed E-state index contributed by atoms with van der Waals surface area (Å²) in [5, 5.41) is 2.65. The molecule has 1 aliphatic rings. The highest BCUT2D eigenvalue weighted by atomic mass is 16.2. The van der Waals surface area contributed by atoms with E-state index in [2.05, 4.69) is 5.32 Å². The first-order valence-corrected chi connectivity index (χ1v) is 4.47. The Bertz CT molecular complexity index is 373. The van der Waals surface area contributed by atoms with Gasteiger partial charge in [0.15, 0.2) is 5.78 Å². The fraction of sp³-hybridized carbons (Fsp3) is 0.273. The highest BCUT2D eigenvalue weighted by molar-refractivity contribution is 6.22. The van der Waals surface area contributed by atoms with Crippen LogP contribution in [0.25, 0.3) is 0 Å². The molecule has 74 valence electrons. The van der Waals surface area contributed by atoms with E-state index >= 15 is 0 Å². The van der Waals surface area contributed by atoms with Gasteiger partial charge in [0.25, 0.3) is 5.91 Å². The Morgan fingerprint density at radius 2 is 2.00 bits per heavy atom. The first-order chi connectivity index (χ1) is 6.61. The van der Waals surface area contributed by atoms with Crippen molar-refractivity contribution in [2.75, 3.05) is 0 Å². The van der Waals surface area contributed by atoms with Gasteiger partial charge in [0, 0.05) is 11.3 Å². The number of Topliss-reactive ketones (excluding diaryl/α,β-unsaturated/α-hetero) is 1. The molecule has 0 saturated heterocycles. The first-order valence-electron chi connectivity index (χ1n) is 4.47. The van der Waals surface area contributed by atoms with Crippen molar-refractivity contribution in [2.24, 2.45) is 0 Å². The molecule has 1 rings (SSSR count). The van der Waals surface area contributed by atoms with Gasteiger partial charge in [-0.2, -0.15) is 0 Å². The van der Waals surface area contributed by atoms with Gasteiger partial charge in [-0.25, -0.2) is 0 Å². The molecule has 0 aromatic heterocycles. The van der Waals surface area contributed by atoms with Crippen LogP contribution in [0.3, 0.4) is 0 Å². The van der Waals surface area contributed by atoms with E-state index in [-0.39, 0.29) is 17.3 Å². The molecule has 3 heteroatoms. The van der Waals surface area contributed by atoms with Gasteiger partial charge in [-0.1, -0.05) is 18.2 Å². The Balaban J connectivity index is 3.31. The van der Waals surface area contributed by atoms with Crippen LogP contribution in [0.2, 0.25) is 0 Å². The van der Waals surface area contributed by atoms with Crippen LogP contribution in [0, 0.1) is 0 Å². The second-order valence-corrected chi connectivity index (χ2v) is 3.00. The standard InChI is InChI=1S/C11H13NO2/c1-4-6-8-9(5-2)12-11(14)10(8)7(3)13/h4-6H,1-3H3,(H,12,14)/b6-4-,9-5+. The lowest BCUT2D eigenvalue weighted by molar-refractivity contribution is -0.120. The van der Waals surface area contributed by atoms with Crippen LogP contribution in [-0.4, -0.2) is 11.7 Å². The highest BCUT2D eigenvalue weighted by Gasteiger charge is 2.27. The van der Waals surface area contributed by atoms with E-state index in [1.165, 1.54) is 6.92 Å². The normalized spacial score (nSPS) is 19.6. The van der Waals surface area contributed by atoms with Crippen LogP contribution >= 0.6 is 0 Å². The molecule has 0 unspecified atom stereocenters. The molecule has 0 fully saturated rings. The van der Waals surface area contributed by atoms with Gasteiger partial charge >= 0.3 is 0 Å². The summed E-state index contributed by atoms with van der Waals surface area (Å²) in [6, 6.07) is 0. The van der Waals surface area contributed by atoms with Gasteiger partial charge < -0.3 is 5.32 Å². The second kappa shape index (κ2) is 4.05. The average Bonchev–Trinajstić information content (AvgIpc) is 2.43. The summed E-state index contributed by atoms with van der Waals surface area (Å²) in [5.41, 5.74) is 1.64. The van der Waals surface area contributed by atoms with Crippen molar-refractivity contribution >= 4 is 11.7 Å². The maximum absolute atomic E-state index is 11.4. The predicted molar refractivity (Wildman–Crippen MR) is 54.4 cm³/mol. The zero-order valence-electron chi connectivity index (χ0n) is 8.55. The molecule has 0 saturated carbocycles. The number of carbonyl (C=O) groups excluding carboxylic acids is 2. The van der Waals surface area contributed by atoms with Crippen LogP contribution in [0.4, 0.5) is 0 Å². The van der Waals surface area contributed by atoms with Crippen LogP contribution in [0.15, 0.2) is 35.1 Å². The Labute approximate surface area is 83.2 Å². The molecule has 0 aromatic carbocycles. The predicted octanol–water partition coefficient (Wildman–Crippen LogP) is 1.48. The van der Waals surface area contributed by atoms with Gasteiger partial charge in [0.05, 0.1) is 5.57 Å². The molecule has 1 heterocycles. The quantitative estimate of drug-likeness (QED) is 0.672. The van der Waals surface area contributed by atoms with Crippen LogP contribution in [-0.2, 0) is 9.59 Å². The van der Waals surface area contributed by atoms with E-state index in [4.69, 9.17) is 0 Å². The molecule has 3 nitrogen and oxygen atoms in total. The molecule has 1 amide bonds. The van der Waals surface area contributed by atoms with Crippen molar-refractivity contribution in [1.29, 1.82) is 0 Å². The maximum Gasteiger partial charge on any atom is 0.259 e. The summed E-state index contributed by atoms with van der Waals surface area (Å²) >= 11 is 0. The number of carbonyl (C=O) groups is 2. The Morgan fingerprint density at radius 1 is 1.36 bits per heavy atom. The SMILES string of the molecule is C/C=C\C1=C(C(C)=O)C(=O)N/C1=C/C. The van der Waals surface area contributed by atoms with Crippen molar-refractivity contribution in [3.8, 4) is 0 Å². The number of hydrogen-bond donors (Lipinski definition) is 1. The lowest BCUT2D eigenvalue weighted by atomic mass is 10.1. The fourth-order valence-corrected chi connectivity index (χ4v) is 1.43. The minimum absolute atomic E-state index is 0.201. The van der Waals surface area contributed by atoms with E-state index in [0.29, 0.717) is 11.3 Å². The summed E-state index contributed by atoms with van der Waals surface area (Å²) in [6.07, 6.45) is 5.36. The van der Waals surface area contributed by atoms with Gasteiger partial charge in [0.1, 0.15) is 0 Å². The molecular formula is C11H13NO2. The molecule has 0 bridgehead atoms. The highest BCUT2D eigenvalue weighted by Crippen LogP contribution is 2.22. The smallest absolute Gasteiger partial charge is 0.259 e. The third kappa shape index (κ3) is 1.66. The molecule has 1 N–H and O–H groups in total. The van der Waals surface area contributed by atoms with Gasteiger partial charge in [-0.15, -0.1) is 0 Å². The van der Waals surface area contributed by atoms with Gasteiger partial charge in [-0.3, -0.25) is 9.59 Å². The Morgan fingerprint density at radius 3 is 2.43 bits per heavy atom. The monoisotopic (exact) mass is 191 g/mol. The zero-order valence-corrected chi connectivity index (χ0v) is 8.55. The Hall–Kier alpha value is -1.64. The molecule has 1 aliphatic heterocycles. The van der Waals surface area contributed by atoms with Crippen molar-refractivity contribution in [3.05, 3.63) is 35.1 Å². The summed E-state index contributed by atoms with van der Waals surface area (Å²) in [7, 11) is 0. The average molecular weight is 191 g/mol. The topological polar surface area (TPSA) is 46.2 Å². The van der Waals surface area contributed by atoms with Crippen molar-refractivity contribution in [3.63, 3.8) is 0 Å². The van der Waals surface area contributed by atoms with Crippen molar-refractivity contribution in [2.45, 2.75) is 20.8 Å². The molecule has 0 spiro atoms. The van der Waals surface area contributed by atoms with Crippen molar-refractivity contribution in [1.82, 2.24) is 5.32 Å². The zero-order chi connectivity index (χ0) is 10.7. The molecule has 14 heavy (non-hydrogen) atoms. The molecule has 0 aliphatic carbocycles. The Kier molecular flexibility index (Phi) is 3.02. The third-order valence-electron chi connectivity index (χ3n) is 2.01. The van der Waals surface area contributed by atoms with E-state index in [1.807, 2.05) is 19.9 Å². The fourth-order valence-electron chi connectivity index (χ4n) is 1.43.